The Bertz CT molecular complexity index is 1480. The van der Waals surface area contributed by atoms with Crippen LogP contribution in [0, 0.1) is 34.2 Å². The summed E-state index contributed by atoms with van der Waals surface area (Å²) in [4.78, 5) is 23.4. The van der Waals surface area contributed by atoms with E-state index in [1.807, 2.05) is 41.8 Å². The number of nitro groups is 1. The lowest BCUT2D eigenvalue weighted by Crippen LogP contribution is -2.04. The van der Waals surface area contributed by atoms with E-state index < -0.39 is 10.7 Å². The predicted octanol–water partition coefficient (Wildman–Crippen LogP) is 5.84. The lowest BCUT2D eigenvalue weighted by molar-refractivity contribution is -0.384. The van der Waals surface area contributed by atoms with Crippen molar-refractivity contribution in [3.8, 4) is 6.07 Å². The molecular weight excluding hydrogens is 421 g/mol. The maximum Gasteiger partial charge on any atom is 0.270 e. The van der Waals surface area contributed by atoms with Gasteiger partial charge in [-0.2, -0.15) is 5.26 Å². The summed E-state index contributed by atoms with van der Waals surface area (Å²) in [6, 6.07) is 21.2. The number of nitrogens with zero attached hydrogens (tertiary/aromatic N) is 3. The van der Waals surface area contributed by atoms with Crippen LogP contribution < -0.4 is 0 Å². The number of fused-ring (bicyclic) bond motifs is 1. The smallest absolute Gasteiger partial charge is 0.270 e. The summed E-state index contributed by atoms with van der Waals surface area (Å²) in [5.74, 6) is -0.920. The number of rotatable bonds is 6. The number of para-hydroxylation sites is 1. The van der Waals surface area contributed by atoms with Crippen LogP contribution in [0.1, 0.15) is 27.2 Å². The number of carbonyl (C=O) groups is 1. The van der Waals surface area contributed by atoms with Crippen molar-refractivity contribution in [2.45, 2.75) is 13.5 Å². The number of benzene rings is 3. The van der Waals surface area contributed by atoms with Crippen molar-refractivity contribution in [1.82, 2.24) is 4.57 Å². The van der Waals surface area contributed by atoms with Crippen LogP contribution in [-0.4, -0.2) is 15.3 Å². The molecule has 0 unspecified atom stereocenters. The first-order valence-corrected chi connectivity index (χ1v) is 10.1. The van der Waals surface area contributed by atoms with Gasteiger partial charge in [-0.3, -0.25) is 14.9 Å². The van der Waals surface area contributed by atoms with Gasteiger partial charge in [-0.25, -0.2) is 4.39 Å². The Morgan fingerprint density at radius 3 is 2.58 bits per heavy atom. The number of aromatic nitrogens is 1. The van der Waals surface area contributed by atoms with Crippen molar-refractivity contribution >= 4 is 28.4 Å². The van der Waals surface area contributed by atoms with Gasteiger partial charge < -0.3 is 4.57 Å². The highest BCUT2D eigenvalue weighted by Gasteiger charge is 2.19. The second kappa shape index (κ2) is 8.89. The lowest BCUT2D eigenvalue weighted by atomic mass is 10.0. The molecule has 0 atom stereocenters. The second-order valence-corrected chi connectivity index (χ2v) is 7.50. The molecule has 0 aliphatic carbocycles. The highest BCUT2D eigenvalue weighted by Crippen LogP contribution is 2.30. The molecule has 0 spiro atoms. The normalized spacial score (nSPS) is 11.4. The van der Waals surface area contributed by atoms with Crippen molar-refractivity contribution in [2.24, 2.45) is 0 Å². The third-order valence-electron chi connectivity index (χ3n) is 5.54. The van der Waals surface area contributed by atoms with Crippen LogP contribution in [0.4, 0.5) is 10.1 Å². The Balaban J connectivity index is 1.82. The lowest BCUT2D eigenvalue weighted by Gasteiger charge is -2.09. The van der Waals surface area contributed by atoms with Crippen LogP contribution in [0.15, 0.2) is 78.4 Å². The molecule has 0 aliphatic rings. The molecule has 0 N–H and O–H groups in total. The first kappa shape index (κ1) is 21.7. The van der Waals surface area contributed by atoms with Crippen molar-refractivity contribution in [3.05, 3.63) is 117 Å². The van der Waals surface area contributed by atoms with Crippen LogP contribution in [0.5, 0.6) is 0 Å². The maximum atomic E-state index is 14.3. The molecule has 0 aliphatic heterocycles. The zero-order valence-electron chi connectivity index (χ0n) is 17.7. The molecule has 1 heterocycles. The summed E-state index contributed by atoms with van der Waals surface area (Å²) in [5, 5.41) is 21.6. The molecule has 0 bridgehead atoms. The summed E-state index contributed by atoms with van der Waals surface area (Å²) in [6.45, 7) is 2.13. The minimum atomic E-state index is -0.605. The zero-order chi connectivity index (χ0) is 23.5. The molecule has 0 amide bonds. The second-order valence-electron chi connectivity index (χ2n) is 7.50. The quantitative estimate of drug-likeness (QED) is 0.124. The zero-order valence-corrected chi connectivity index (χ0v) is 17.7. The Morgan fingerprint density at radius 1 is 1.12 bits per heavy atom. The monoisotopic (exact) mass is 439 g/mol. The molecule has 33 heavy (non-hydrogen) atoms. The Kier molecular flexibility index (Phi) is 5.83. The number of nitro benzene ring substituents is 1. The molecule has 162 valence electrons. The summed E-state index contributed by atoms with van der Waals surface area (Å²) in [7, 11) is 0. The molecule has 3 aromatic carbocycles. The molecule has 4 rings (SSSR count). The van der Waals surface area contributed by atoms with Gasteiger partial charge in [0.2, 0.25) is 5.78 Å². The number of ketones is 1. The van der Waals surface area contributed by atoms with Crippen molar-refractivity contribution < 1.29 is 14.1 Å². The van der Waals surface area contributed by atoms with E-state index in [1.54, 1.807) is 18.2 Å². The topological polar surface area (TPSA) is 88.9 Å². The molecule has 0 radical (unpaired) electrons. The highest BCUT2D eigenvalue weighted by atomic mass is 19.1. The third-order valence-corrected chi connectivity index (χ3v) is 5.54. The number of Topliss-reactive ketones (excluding diaryl/α,β-unsaturated/α-hetero) is 1. The number of nitriles is 1. The van der Waals surface area contributed by atoms with Gasteiger partial charge in [0.25, 0.3) is 5.69 Å². The largest absolute Gasteiger partial charge is 0.340 e. The van der Waals surface area contributed by atoms with Gasteiger partial charge in [0.05, 0.1) is 11.5 Å². The van der Waals surface area contributed by atoms with E-state index in [0.29, 0.717) is 11.1 Å². The fraction of sp³-hybridized carbons (Fsp3) is 0.0769. The number of allylic oxidation sites excluding steroid dienone is 1. The molecule has 0 saturated heterocycles. The minimum absolute atomic E-state index is 0.0600. The highest BCUT2D eigenvalue weighted by molar-refractivity contribution is 6.15. The van der Waals surface area contributed by atoms with E-state index >= 15 is 0 Å². The van der Waals surface area contributed by atoms with E-state index in [2.05, 4.69) is 0 Å². The van der Waals surface area contributed by atoms with E-state index in [1.165, 1.54) is 30.3 Å². The van der Waals surface area contributed by atoms with Gasteiger partial charge in [-0.05, 0) is 25.1 Å². The summed E-state index contributed by atoms with van der Waals surface area (Å²) >= 11 is 0. The first-order valence-electron chi connectivity index (χ1n) is 10.1. The first-order chi connectivity index (χ1) is 15.9. The number of non-ortho nitro benzene ring substituents is 1. The number of hydrogen-bond donors (Lipinski definition) is 0. The van der Waals surface area contributed by atoms with Crippen LogP contribution in [0.25, 0.3) is 17.0 Å². The molecule has 4 aromatic rings. The van der Waals surface area contributed by atoms with Crippen LogP contribution in [0.2, 0.25) is 0 Å². The third kappa shape index (κ3) is 4.14. The summed E-state index contributed by atoms with van der Waals surface area (Å²) in [6.07, 6.45) is 1.50. The van der Waals surface area contributed by atoms with E-state index in [9.17, 15) is 24.6 Å². The minimum Gasteiger partial charge on any atom is -0.340 e. The SMILES string of the molecule is Cc1c(C=C(C#N)C(=O)c2cccc([N+](=O)[O-])c2)c2ccccc2n1Cc1ccccc1F. The van der Waals surface area contributed by atoms with Crippen LogP contribution in [0.3, 0.4) is 0 Å². The summed E-state index contributed by atoms with van der Waals surface area (Å²) in [5.41, 5.74) is 2.47. The van der Waals surface area contributed by atoms with Gasteiger partial charge in [0, 0.05) is 45.4 Å². The average Bonchev–Trinajstić information content (AvgIpc) is 3.09. The summed E-state index contributed by atoms with van der Waals surface area (Å²) < 4.78 is 16.2. The van der Waals surface area contributed by atoms with Crippen molar-refractivity contribution in [1.29, 1.82) is 5.26 Å². The molecule has 6 nitrogen and oxygen atoms in total. The van der Waals surface area contributed by atoms with Gasteiger partial charge in [0.15, 0.2) is 0 Å². The van der Waals surface area contributed by atoms with E-state index in [-0.39, 0.29) is 29.2 Å². The van der Waals surface area contributed by atoms with Crippen molar-refractivity contribution in [2.75, 3.05) is 0 Å². The number of halogens is 1. The van der Waals surface area contributed by atoms with Crippen LogP contribution >= 0.6 is 0 Å². The van der Waals surface area contributed by atoms with Gasteiger partial charge in [-0.1, -0.05) is 48.5 Å². The Morgan fingerprint density at radius 2 is 1.85 bits per heavy atom. The van der Waals surface area contributed by atoms with Gasteiger partial charge in [0.1, 0.15) is 17.5 Å². The number of hydrogen-bond acceptors (Lipinski definition) is 4. The standard InChI is InChI=1S/C26H18FN3O3/c1-17-23(14-20(15-28)26(31)18-8-6-9-21(13-18)30(32)33)22-10-3-5-12-25(22)29(17)16-19-7-2-4-11-24(19)27/h2-14H,16H2,1H3. The van der Waals surface area contributed by atoms with Gasteiger partial charge in [-0.15, -0.1) is 0 Å². The van der Waals surface area contributed by atoms with E-state index in [4.69, 9.17) is 0 Å². The Hall–Kier alpha value is -4.57. The predicted molar refractivity (Wildman–Crippen MR) is 123 cm³/mol. The fourth-order valence-electron chi connectivity index (χ4n) is 3.85. The van der Waals surface area contributed by atoms with Gasteiger partial charge >= 0.3 is 0 Å². The average molecular weight is 439 g/mol. The fourth-order valence-corrected chi connectivity index (χ4v) is 3.85. The van der Waals surface area contributed by atoms with E-state index in [0.717, 1.165) is 22.7 Å². The molecule has 0 saturated carbocycles. The maximum absolute atomic E-state index is 14.3. The molecule has 1 aromatic heterocycles. The molecular formula is C26H18FN3O3. The molecule has 7 heteroatoms. The van der Waals surface area contributed by atoms with Crippen molar-refractivity contribution in [3.63, 3.8) is 0 Å². The van der Waals surface area contributed by atoms with Crippen LogP contribution in [-0.2, 0) is 6.54 Å². The Labute approximate surface area is 189 Å². The number of carbonyl (C=O) groups excluding carboxylic acids is 1. The molecule has 0 fully saturated rings.